The fourth-order valence-corrected chi connectivity index (χ4v) is 2.65. The lowest BCUT2D eigenvalue weighted by Gasteiger charge is -2.07. The van der Waals surface area contributed by atoms with Crippen LogP contribution in [0, 0.1) is 0 Å². The Morgan fingerprint density at radius 2 is 1.81 bits per heavy atom. The van der Waals surface area contributed by atoms with E-state index in [0.29, 0.717) is 13.0 Å². The van der Waals surface area contributed by atoms with E-state index in [-0.39, 0.29) is 5.91 Å². The van der Waals surface area contributed by atoms with Gasteiger partial charge in [0.2, 0.25) is 5.91 Å². The molecule has 0 aromatic heterocycles. The third kappa shape index (κ3) is 3.70. The summed E-state index contributed by atoms with van der Waals surface area (Å²) in [6.45, 7) is 2.51. The van der Waals surface area contributed by atoms with Crippen LogP contribution in [0.2, 0.25) is 0 Å². The zero-order valence-corrected chi connectivity index (χ0v) is 12.1. The normalized spacial score (nSPS) is 13.0. The number of hydrogen-bond acceptors (Lipinski definition) is 2. The molecule has 3 rings (SSSR count). The molecule has 2 aromatic carbocycles. The van der Waals surface area contributed by atoms with Crippen LogP contribution in [-0.2, 0) is 30.8 Å². The van der Waals surface area contributed by atoms with Gasteiger partial charge >= 0.3 is 0 Å². The lowest BCUT2D eigenvalue weighted by molar-refractivity contribution is -0.121. The van der Waals surface area contributed by atoms with E-state index in [2.05, 4.69) is 41.0 Å². The van der Waals surface area contributed by atoms with E-state index in [9.17, 15) is 4.79 Å². The fourth-order valence-electron chi connectivity index (χ4n) is 2.65. The quantitative estimate of drug-likeness (QED) is 0.883. The van der Waals surface area contributed by atoms with Crippen LogP contribution in [0.4, 0.5) is 0 Å². The minimum atomic E-state index is 0.109. The highest BCUT2D eigenvalue weighted by molar-refractivity contribution is 5.76. The number of fused-ring (bicyclic) bond motifs is 1. The molecule has 0 atom stereocenters. The van der Waals surface area contributed by atoms with Crippen LogP contribution >= 0.6 is 0 Å². The topological polar surface area (TPSA) is 41.1 Å². The number of carbonyl (C=O) groups excluding carboxylic acids is 1. The molecule has 1 amide bonds. The van der Waals surface area contributed by atoms with Gasteiger partial charge in [0.05, 0.1) is 0 Å². The monoisotopic (exact) mass is 280 g/mol. The van der Waals surface area contributed by atoms with Gasteiger partial charge in [-0.25, -0.2) is 0 Å². The smallest absolute Gasteiger partial charge is 0.220 e. The maximum Gasteiger partial charge on any atom is 0.220 e. The average molecular weight is 280 g/mol. The summed E-state index contributed by atoms with van der Waals surface area (Å²) in [6, 6.07) is 16.6. The molecule has 1 heterocycles. The first-order valence-electron chi connectivity index (χ1n) is 7.43. The Hall–Kier alpha value is -2.13. The molecule has 0 bridgehead atoms. The van der Waals surface area contributed by atoms with Gasteiger partial charge in [-0.2, -0.15) is 0 Å². The molecule has 108 valence electrons. The van der Waals surface area contributed by atoms with E-state index in [1.165, 1.54) is 22.3 Å². The van der Waals surface area contributed by atoms with Crippen molar-refractivity contribution in [1.82, 2.24) is 10.6 Å². The van der Waals surface area contributed by atoms with Crippen LogP contribution in [0.15, 0.2) is 48.5 Å². The van der Waals surface area contributed by atoms with Gasteiger partial charge in [0.1, 0.15) is 0 Å². The van der Waals surface area contributed by atoms with E-state index in [1.54, 1.807) is 0 Å². The Morgan fingerprint density at radius 3 is 2.67 bits per heavy atom. The molecule has 0 fully saturated rings. The van der Waals surface area contributed by atoms with Crippen LogP contribution in [0.25, 0.3) is 0 Å². The third-order valence-corrected chi connectivity index (χ3v) is 3.87. The van der Waals surface area contributed by atoms with Gasteiger partial charge in [0, 0.05) is 26.1 Å². The number of nitrogens with one attached hydrogen (secondary N) is 2. The molecule has 3 nitrogen and oxygen atoms in total. The van der Waals surface area contributed by atoms with Gasteiger partial charge in [-0.1, -0.05) is 48.5 Å². The van der Waals surface area contributed by atoms with Crippen molar-refractivity contribution >= 4 is 5.91 Å². The largest absolute Gasteiger partial charge is 0.352 e. The molecule has 21 heavy (non-hydrogen) atoms. The molecule has 2 aromatic rings. The molecule has 0 unspecified atom stereocenters. The molecule has 0 saturated carbocycles. The number of carbonyl (C=O) groups is 1. The Bertz CT molecular complexity index is 622. The summed E-state index contributed by atoms with van der Waals surface area (Å²) in [5, 5.41) is 6.33. The molecular formula is C18H20N2O. The first kappa shape index (κ1) is 13.8. The van der Waals surface area contributed by atoms with Crippen molar-refractivity contribution in [3.05, 3.63) is 70.8 Å². The summed E-state index contributed by atoms with van der Waals surface area (Å²) in [6.07, 6.45) is 1.33. The maximum atomic E-state index is 11.9. The lowest BCUT2D eigenvalue weighted by atomic mass is 10.1. The van der Waals surface area contributed by atoms with Crippen molar-refractivity contribution in [3.8, 4) is 0 Å². The fraction of sp³-hybridized carbons (Fsp3) is 0.278. The van der Waals surface area contributed by atoms with Gasteiger partial charge in [-0.05, 0) is 28.7 Å². The molecule has 0 aliphatic carbocycles. The van der Waals surface area contributed by atoms with Crippen molar-refractivity contribution in [3.63, 3.8) is 0 Å². The second kappa shape index (κ2) is 6.55. The van der Waals surface area contributed by atoms with Gasteiger partial charge in [-0.3, -0.25) is 4.79 Å². The predicted molar refractivity (Wildman–Crippen MR) is 83.6 cm³/mol. The second-order valence-corrected chi connectivity index (χ2v) is 5.47. The van der Waals surface area contributed by atoms with Crippen molar-refractivity contribution in [1.29, 1.82) is 0 Å². The van der Waals surface area contributed by atoms with Gasteiger partial charge in [-0.15, -0.1) is 0 Å². The van der Waals surface area contributed by atoms with Gasteiger partial charge in [0.25, 0.3) is 0 Å². The van der Waals surface area contributed by atoms with Crippen LogP contribution in [0.1, 0.15) is 28.7 Å². The van der Waals surface area contributed by atoms with E-state index in [1.807, 2.05) is 18.2 Å². The first-order chi connectivity index (χ1) is 10.3. The number of benzene rings is 2. The Morgan fingerprint density at radius 1 is 1.00 bits per heavy atom. The average Bonchev–Trinajstić information content (AvgIpc) is 2.99. The standard InChI is InChI=1S/C18H20N2O/c21-18(9-7-14-4-2-1-3-5-14)20-11-15-6-8-16-12-19-13-17(16)10-15/h1-6,8,10,19H,7,9,11-13H2,(H,20,21). The molecule has 1 aliphatic rings. The first-order valence-corrected chi connectivity index (χ1v) is 7.43. The zero-order chi connectivity index (χ0) is 14.5. The van der Waals surface area contributed by atoms with E-state index in [0.717, 1.165) is 19.5 Å². The van der Waals surface area contributed by atoms with Gasteiger partial charge < -0.3 is 10.6 Å². The predicted octanol–water partition coefficient (Wildman–Crippen LogP) is 2.54. The van der Waals surface area contributed by atoms with Crippen LogP contribution in [0.3, 0.4) is 0 Å². The highest BCUT2D eigenvalue weighted by Crippen LogP contribution is 2.16. The molecule has 3 heteroatoms. The summed E-state index contributed by atoms with van der Waals surface area (Å²) < 4.78 is 0. The Balaban J connectivity index is 1.47. The SMILES string of the molecule is O=C(CCc1ccccc1)NCc1ccc2c(c1)CNC2. The minimum Gasteiger partial charge on any atom is -0.352 e. The van der Waals surface area contributed by atoms with Crippen LogP contribution in [-0.4, -0.2) is 5.91 Å². The van der Waals surface area contributed by atoms with Gasteiger partial charge in [0.15, 0.2) is 0 Å². The third-order valence-electron chi connectivity index (χ3n) is 3.87. The van der Waals surface area contributed by atoms with E-state index < -0.39 is 0 Å². The lowest BCUT2D eigenvalue weighted by Crippen LogP contribution is -2.23. The summed E-state index contributed by atoms with van der Waals surface area (Å²) in [7, 11) is 0. The summed E-state index contributed by atoms with van der Waals surface area (Å²) in [5.74, 6) is 0.109. The number of rotatable bonds is 5. The number of aryl methyl sites for hydroxylation is 1. The van der Waals surface area contributed by atoms with E-state index >= 15 is 0 Å². The van der Waals surface area contributed by atoms with Crippen molar-refractivity contribution in [2.45, 2.75) is 32.5 Å². The summed E-state index contributed by atoms with van der Waals surface area (Å²) in [5.41, 5.74) is 5.10. The molecular weight excluding hydrogens is 260 g/mol. The van der Waals surface area contributed by atoms with Crippen molar-refractivity contribution in [2.24, 2.45) is 0 Å². The number of hydrogen-bond donors (Lipinski definition) is 2. The highest BCUT2D eigenvalue weighted by Gasteiger charge is 2.10. The molecule has 0 spiro atoms. The van der Waals surface area contributed by atoms with Crippen molar-refractivity contribution < 1.29 is 4.79 Å². The highest BCUT2D eigenvalue weighted by atomic mass is 16.1. The minimum absolute atomic E-state index is 0.109. The van der Waals surface area contributed by atoms with Crippen LogP contribution < -0.4 is 10.6 Å². The molecule has 1 aliphatic heterocycles. The maximum absolute atomic E-state index is 11.9. The Kier molecular flexibility index (Phi) is 4.31. The van der Waals surface area contributed by atoms with Crippen molar-refractivity contribution in [2.75, 3.05) is 0 Å². The zero-order valence-electron chi connectivity index (χ0n) is 12.1. The molecule has 0 radical (unpaired) electrons. The second-order valence-electron chi connectivity index (χ2n) is 5.47. The Labute approximate surface area is 125 Å². The number of amides is 1. The summed E-state index contributed by atoms with van der Waals surface area (Å²) in [4.78, 5) is 11.9. The molecule has 0 saturated heterocycles. The van der Waals surface area contributed by atoms with Crippen LogP contribution in [0.5, 0.6) is 0 Å². The molecule has 2 N–H and O–H groups in total. The summed E-state index contributed by atoms with van der Waals surface area (Å²) >= 11 is 0. The van der Waals surface area contributed by atoms with E-state index in [4.69, 9.17) is 0 Å².